The van der Waals surface area contributed by atoms with Gasteiger partial charge in [0.05, 0.1) is 21.8 Å². The third-order valence-corrected chi connectivity index (χ3v) is 5.46. The minimum atomic E-state index is -0.796. The molecule has 0 fully saturated rings. The van der Waals surface area contributed by atoms with Crippen LogP contribution in [0.3, 0.4) is 0 Å². The van der Waals surface area contributed by atoms with Gasteiger partial charge in [0.25, 0.3) is 5.91 Å². The van der Waals surface area contributed by atoms with Crippen molar-refractivity contribution >= 4 is 27.5 Å². The fourth-order valence-corrected chi connectivity index (χ4v) is 3.95. The Morgan fingerprint density at radius 2 is 1.93 bits per heavy atom. The monoisotopic (exact) mass is 397 g/mol. The van der Waals surface area contributed by atoms with Crippen LogP contribution in [0.1, 0.15) is 29.8 Å². The van der Waals surface area contributed by atoms with Crippen molar-refractivity contribution in [3.05, 3.63) is 65.2 Å². The minimum absolute atomic E-state index is 0.0880. The molecule has 0 radical (unpaired) electrons. The average Bonchev–Trinajstić information content (AvgIpc) is 3.15. The van der Waals surface area contributed by atoms with Crippen LogP contribution in [0.15, 0.2) is 54.0 Å². The van der Waals surface area contributed by atoms with Crippen LogP contribution in [0.5, 0.6) is 0 Å². The summed E-state index contributed by atoms with van der Waals surface area (Å²) < 4.78 is 0.983. The molecule has 1 heterocycles. The van der Waals surface area contributed by atoms with E-state index in [4.69, 9.17) is 5.73 Å². The Morgan fingerprint density at radius 1 is 1.18 bits per heavy atom. The molecule has 2 atom stereocenters. The van der Waals surface area contributed by atoms with Crippen molar-refractivity contribution in [3.63, 3.8) is 0 Å². The molecule has 0 saturated carbocycles. The highest BCUT2D eigenvalue weighted by Crippen LogP contribution is 2.20. The zero-order valence-corrected chi connectivity index (χ0v) is 17.1. The number of hydrogen-bond donors (Lipinski definition) is 2. The van der Waals surface area contributed by atoms with Gasteiger partial charge in [0.1, 0.15) is 0 Å². The Hall–Kier alpha value is -2.28. The number of amides is 1. The van der Waals surface area contributed by atoms with Crippen LogP contribution in [0.25, 0.3) is 10.2 Å². The Morgan fingerprint density at radius 3 is 2.64 bits per heavy atom. The van der Waals surface area contributed by atoms with Gasteiger partial charge in [-0.15, -0.1) is 11.3 Å². The molecule has 0 aliphatic rings. The number of carbonyl (C=O) groups excluding carboxylic acids is 1. The number of rotatable bonds is 8. The van der Waals surface area contributed by atoms with Gasteiger partial charge in [0, 0.05) is 24.7 Å². The number of aliphatic hydroxyl groups excluding tert-OH is 1. The zero-order chi connectivity index (χ0) is 20.1. The maximum Gasteiger partial charge on any atom is 0.254 e. The van der Waals surface area contributed by atoms with Crippen LogP contribution in [-0.2, 0) is 6.42 Å². The summed E-state index contributed by atoms with van der Waals surface area (Å²) in [5.74, 6) is 0.198. The second-order valence-electron chi connectivity index (χ2n) is 7.56. The smallest absolute Gasteiger partial charge is 0.254 e. The normalized spacial score (nSPS) is 13.6. The van der Waals surface area contributed by atoms with Crippen LogP contribution in [0, 0.1) is 5.92 Å². The number of benzene rings is 2. The van der Waals surface area contributed by atoms with Gasteiger partial charge in [0.2, 0.25) is 0 Å². The van der Waals surface area contributed by atoms with Gasteiger partial charge in [0.15, 0.2) is 0 Å². The standard InChI is InChI=1S/C22H27N3O2S/c1-15(2)12-25(13-20(26)18(23)10-16-6-4-3-5-7-16)22(27)17-8-9-19-21(11-17)28-14-24-19/h3-9,11,14-15,18,20,26H,10,12-13,23H2,1-2H3/t18-,20+/m0/s1. The van der Waals surface area contributed by atoms with Crippen molar-refractivity contribution < 1.29 is 9.90 Å². The summed E-state index contributed by atoms with van der Waals surface area (Å²) in [5, 5.41) is 10.7. The number of nitrogens with two attached hydrogens (primary N) is 1. The van der Waals surface area contributed by atoms with Gasteiger partial charge in [-0.2, -0.15) is 0 Å². The summed E-state index contributed by atoms with van der Waals surface area (Å²) in [6.07, 6.45) is -0.228. The molecule has 5 nitrogen and oxygen atoms in total. The highest BCUT2D eigenvalue weighted by Gasteiger charge is 2.24. The lowest BCUT2D eigenvalue weighted by molar-refractivity contribution is 0.0545. The van der Waals surface area contributed by atoms with Crippen molar-refractivity contribution in [2.45, 2.75) is 32.4 Å². The first-order chi connectivity index (χ1) is 13.4. The van der Waals surface area contributed by atoms with Crippen LogP contribution >= 0.6 is 11.3 Å². The first-order valence-corrected chi connectivity index (χ1v) is 10.4. The fraction of sp³-hybridized carbons (Fsp3) is 0.364. The lowest BCUT2D eigenvalue weighted by Gasteiger charge is -2.29. The Labute approximate surface area is 169 Å². The van der Waals surface area contributed by atoms with E-state index in [1.165, 1.54) is 11.3 Å². The molecule has 0 spiro atoms. The third kappa shape index (κ3) is 5.16. The van der Waals surface area contributed by atoms with Gasteiger partial charge in [-0.25, -0.2) is 4.98 Å². The van der Waals surface area contributed by atoms with E-state index in [9.17, 15) is 9.90 Å². The van der Waals surface area contributed by atoms with Crippen LogP contribution < -0.4 is 5.73 Å². The second-order valence-corrected chi connectivity index (χ2v) is 8.45. The van der Waals surface area contributed by atoms with E-state index in [1.54, 1.807) is 16.5 Å². The summed E-state index contributed by atoms with van der Waals surface area (Å²) in [6.45, 7) is 4.90. The Balaban J connectivity index is 1.72. The predicted molar refractivity (Wildman–Crippen MR) is 114 cm³/mol. The van der Waals surface area contributed by atoms with Crippen molar-refractivity contribution in [3.8, 4) is 0 Å². The molecule has 1 aromatic heterocycles. The van der Waals surface area contributed by atoms with E-state index in [-0.39, 0.29) is 18.4 Å². The second kappa shape index (κ2) is 9.28. The summed E-state index contributed by atoms with van der Waals surface area (Å²) in [4.78, 5) is 19.1. The molecule has 148 valence electrons. The van der Waals surface area contributed by atoms with Gasteiger partial charge in [-0.3, -0.25) is 4.79 Å². The summed E-state index contributed by atoms with van der Waals surface area (Å²) in [7, 11) is 0. The molecular formula is C22H27N3O2S. The van der Waals surface area contributed by atoms with E-state index in [1.807, 2.05) is 42.5 Å². The number of nitrogens with zero attached hydrogens (tertiary/aromatic N) is 2. The molecule has 0 unspecified atom stereocenters. The van der Waals surface area contributed by atoms with Crippen molar-refractivity contribution in [1.82, 2.24) is 9.88 Å². The minimum Gasteiger partial charge on any atom is -0.390 e. The molecule has 3 rings (SSSR count). The molecule has 6 heteroatoms. The van der Waals surface area contributed by atoms with Crippen molar-refractivity contribution in [2.24, 2.45) is 11.7 Å². The molecule has 2 aromatic carbocycles. The number of fused-ring (bicyclic) bond motifs is 1. The van der Waals surface area contributed by atoms with Crippen LogP contribution in [0.4, 0.5) is 0 Å². The average molecular weight is 398 g/mol. The lowest BCUT2D eigenvalue weighted by Crippen LogP contribution is -2.47. The van der Waals surface area contributed by atoms with Crippen molar-refractivity contribution in [2.75, 3.05) is 13.1 Å². The van der Waals surface area contributed by atoms with Gasteiger partial charge >= 0.3 is 0 Å². The number of carbonyl (C=O) groups is 1. The molecule has 3 N–H and O–H groups in total. The van der Waals surface area contributed by atoms with Gasteiger partial charge < -0.3 is 15.7 Å². The third-order valence-electron chi connectivity index (χ3n) is 4.67. The fourth-order valence-electron chi connectivity index (χ4n) is 3.24. The molecule has 3 aromatic rings. The van der Waals surface area contributed by atoms with E-state index < -0.39 is 12.1 Å². The summed E-state index contributed by atoms with van der Waals surface area (Å²) in [5.41, 5.74) is 10.6. The highest BCUT2D eigenvalue weighted by atomic mass is 32.1. The van der Waals surface area contributed by atoms with Crippen LogP contribution in [0.2, 0.25) is 0 Å². The molecule has 0 aliphatic carbocycles. The first-order valence-electron chi connectivity index (χ1n) is 9.54. The van der Waals surface area contributed by atoms with Crippen molar-refractivity contribution in [1.29, 1.82) is 0 Å². The summed E-state index contributed by atoms with van der Waals surface area (Å²) in [6, 6.07) is 15.0. The number of aromatic nitrogens is 1. The van der Waals surface area contributed by atoms with Gasteiger partial charge in [-0.1, -0.05) is 44.2 Å². The van der Waals surface area contributed by atoms with E-state index >= 15 is 0 Å². The molecule has 0 bridgehead atoms. The Kier molecular flexibility index (Phi) is 6.78. The quantitative estimate of drug-likeness (QED) is 0.611. The maximum atomic E-state index is 13.1. The summed E-state index contributed by atoms with van der Waals surface area (Å²) >= 11 is 1.51. The SMILES string of the molecule is CC(C)CN(C[C@@H](O)[C@@H](N)Cc1ccccc1)C(=O)c1ccc2ncsc2c1. The molecule has 1 amide bonds. The molecule has 0 aliphatic heterocycles. The molecule has 28 heavy (non-hydrogen) atoms. The predicted octanol–water partition coefficient (Wildman–Crippen LogP) is 3.33. The number of aliphatic hydroxyl groups is 1. The molecule has 0 saturated heterocycles. The van der Waals surface area contributed by atoms with E-state index in [0.717, 1.165) is 15.8 Å². The number of hydrogen-bond acceptors (Lipinski definition) is 5. The van der Waals surface area contributed by atoms with E-state index in [2.05, 4.69) is 18.8 Å². The first kappa shape index (κ1) is 20.5. The van der Waals surface area contributed by atoms with E-state index in [0.29, 0.717) is 18.5 Å². The highest BCUT2D eigenvalue weighted by molar-refractivity contribution is 7.16. The molecular weight excluding hydrogens is 370 g/mol. The lowest BCUT2D eigenvalue weighted by atomic mass is 10.0. The van der Waals surface area contributed by atoms with Crippen LogP contribution in [-0.4, -0.2) is 46.1 Å². The maximum absolute atomic E-state index is 13.1. The largest absolute Gasteiger partial charge is 0.390 e. The zero-order valence-electron chi connectivity index (χ0n) is 16.3. The van der Waals surface area contributed by atoms with Gasteiger partial charge in [-0.05, 0) is 36.1 Å². The number of thiazole rings is 1. The Bertz CT molecular complexity index is 910. The topological polar surface area (TPSA) is 79.5 Å².